The number of aromatic nitrogens is 2. The normalized spacial score (nSPS) is 14.8. The molecule has 2 aromatic rings. The Labute approximate surface area is 140 Å². The summed E-state index contributed by atoms with van der Waals surface area (Å²) in [5.41, 5.74) is 0.439. The second-order valence-electron chi connectivity index (χ2n) is 5.32. The summed E-state index contributed by atoms with van der Waals surface area (Å²) in [5, 5.41) is 3.18. The van der Waals surface area contributed by atoms with Crippen LogP contribution in [0.1, 0.15) is 6.42 Å². The highest BCUT2D eigenvalue weighted by molar-refractivity contribution is 9.10. The Morgan fingerprint density at radius 2 is 2.17 bits per heavy atom. The summed E-state index contributed by atoms with van der Waals surface area (Å²) in [6.07, 6.45) is 1.61. The van der Waals surface area contributed by atoms with Crippen molar-refractivity contribution < 1.29 is 9.59 Å². The first-order chi connectivity index (χ1) is 11.0. The second kappa shape index (κ2) is 6.49. The molecule has 0 radical (unpaired) electrons. The average molecular weight is 379 g/mol. The Morgan fingerprint density at radius 3 is 2.96 bits per heavy atom. The van der Waals surface area contributed by atoms with Gasteiger partial charge in [-0.3, -0.25) is 19.0 Å². The Hall–Kier alpha value is -2.22. The molecule has 1 aliphatic rings. The number of carbonyl (C=O) groups excluding carboxylic acids is 2. The number of hydrogen-bond donors (Lipinski definition) is 1. The van der Waals surface area contributed by atoms with E-state index in [1.165, 1.54) is 15.8 Å². The van der Waals surface area contributed by atoms with Crippen LogP contribution in [0.4, 0.5) is 0 Å². The van der Waals surface area contributed by atoms with E-state index < -0.39 is 0 Å². The molecule has 0 saturated carbocycles. The third-order valence-corrected chi connectivity index (χ3v) is 4.24. The van der Waals surface area contributed by atoms with Gasteiger partial charge in [0.15, 0.2) is 0 Å². The second-order valence-corrected chi connectivity index (χ2v) is 6.24. The summed E-state index contributed by atoms with van der Waals surface area (Å²) >= 11 is 3.34. The number of benzene rings is 1. The largest absolute Gasteiger partial charge is 0.353 e. The molecule has 0 aliphatic carbocycles. The molecule has 23 heavy (non-hydrogen) atoms. The number of amides is 2. The van der Waals surface area contributed by atoms with Crippen molar-refractivity contribution in [2.24, 2.45) is 0 Å². The summed E-state index contributed by atoms with van der Waals surface area (Å²) in [4.78, 5) is 41.6. The van der Waals surface area contributed by atoms with E-state index in [0.29, 0.717) is 24.0 Å². The monoisotopic (exact) mass is 378 g/mol. The van der Waals surface area contributed by atoms with E-state index >= 15 is 0 Å². The topological polar surface area (TPSA) is 84.3 Å². The first-order valence-corrected chi connectivity index (χ1v) is 8.03. The van der Waals surface area contributed by atoms with E-state index in [0.717, 1.165) is 4.47 Å². The molecule has 0 unspecified atom stereocenters. The van der Waals surface area contributed by atoms with Crippen molar-refractivity contribution in [1.29, 1.82) is 0 Å². The van der Waals surface area contributed by atoms with Crippen LogP contribution in [0.15, 0.2) is 33.8 Å². The van der Waals surface area contributed by atoms with Crippen molar-refractivity contribution in [3.63, 3.8) is 0 Å². The van der Waals surface area contributed by atoms with E-state index in [9.17, 15) is 14.4 Å². The number of aryl methyl sites for hydroxylation is 1. The standard InChI is InChI=1S/C15H15BrN4O3/c16-10-1-2-12-11(7-10)15(23)20(9-18-12)5-3-14(22)19-6-4-17-13(21)8-19/h1-2,7,9H,3-6,8H2,(H,17,21). The van der Waals surface area contributed by atoms with Crippen LogP contribution in [0.3, 0.4) is 0 Å². The molecule has 0 atom stereocenters. The first-order valence-electron chi connectivity index (χ1n) is 7.24. The van der Waals surface area contributed by atoms with Gasteiger partial charge in [0.1, 0.15) is 0 Å². The number of carbonyl (C=O) groups is 2. The summed E-state index contributed by atoms with van der Waals surface area (Å²) < 4.78 is 2.23. The maximum Gasteiger partial charge on any atom is 0.261 e. The van der Waals surface area contributed by atoms with Gasteiger partial charge in [-0.05, 0) is 18.2 Å². The van der Waals surface area contributed by atoms with E-state index in [1.807, 2.05) is 6.07 Å². The Morgan fingerprint density at radius 1 is 1.35 bits per heavy atom. The summed E-state index contributed by atoms with van der Waals surface area (Å²) in [7, 11) is 0. The molecule has 2 heterocycles. The lowest BCUT2D eigenvalue weighted by Gasteiger charge is -2.26. The molecular weight excluding hydrogens is 364 g/mol. The van der Waals surface area contributed by atoms with Crippen LogP contribution in [-0.4, -0.2) is 45.9 Å². The smallest absolute Gasteiger partial charge is 0.261 e. The van der Waals surface area contributed by atoms with Crippen molar-refractivity contribution in [3.8, 4) is 0 Å². The molecule has 3 rings (SSSR count). The molecule has 0 bridgehead atoms. The molecular formula is C15H15BrN4O3. The van der Waals surface area contributed by atoms with Crippen molar-refractivity contribution >= 4 is 38.6 Å². The van der Waals surface area contributed by atoms with Crippen molar-refractivity contribution in [2.45, 2.75) is 13.0 Å². The van der Waals surface area contributed by atoms with E-state index in [4.69, 9.17) is 0 Å². The summed E-state index contributed by atoms with van der Waals surface area (Å²) in [5.74, 6) is -0.292. The predicted molar refractivity (Wildman–Crippen MR) is 87.9 cm³/mol. The maximum absolute atomic E-state index is 12.4. The number of rotatable bonds is 3. The fourth-order valence-electron chi connectivity index (χ4n) is 2.52. The first kappa shape index (κ1) is 15.7. The Balaban J connectivity index is 1.74. The molecule has 8 heteroatoms. The zero-order chi connectivity index (χ0) is 16.4. The molecule has 0 spiro atoms. The fraction of sp³-hybridized carbons (Fsp3) is 0.333. The van der Waals surface area contributed by atoms with Crippen LogP contribution in [0.2, 0.25) is 0 Å². The van der Waals surface area contributed by atoms with Gasteiger partial charge in [0.2, 0.25) is 11.8 Å². The van der Waals surface area contributed by atoms with Crippen LogP contribution in [0.5, 0.6) is 0 Å². The van der Waals surface area contributed by atoms with Crippen LogP contribution in [-0.2, 0) is 16.1 Å². The zero-order valence-electron chi connectivity index (χ0n) is 12.3. The van der Waals surface area contributed by atoms with Crippen LogP contribution in [0.25, 0.3) is 10.9 Å². The Bertz CT molecular complexity index is 833. The average Bonchev–Trinajstić information content (AvgIpc) is 2.54. The minimum absolute atomic E-state index is 0.0800. The molecule has 1 aromatic carbocycles. The number of hydrogen-bond acceptors (Lipinski definition) is 4. The lowest BCUT2D eigenvalue weighted by Crippen LogP contribution is -2.50. The van der Waals surface area contributed by atoms with Crippen LogP contribution in [0, 0.1) is 0 Å². The van der Waals surface area contributed by atoms with Crippen molar-refractivity contribution in [1.82, 2.24) is 19.8 Å². The lowest BCUT2D eigenvalue weighted by atomic mass is 10.2. The third kappa shape index (κ3) is 3.42. The van der Waals surface area contributed by atoms with Gasteiger partial charge >= 0.3 is 0 Å². The number of nitrogens with one attached hydrogen (secondary N) is 1. The molecule has 7 nitrogen and oxygen atoms in total. The van der Waals surface area contributed by atoms with Crippen LogP contribution < -0.4 is 10.9 Å². The maximum atomic E-state index is 12.4. The van der Waals surface area contributed by atoms with Gasteiger partial charge in [-0.25, -0.2) is 4.98 Å². The lowest BCUT2D eigenvalue weighted by molar-refractivity contribution is -0.138. The minimum Gasteiger partial charge on any atom is -0.353 e. The van der Waals surface area contributed by atoms with Gasteiger partial charge in [-0.1, -0.05) is 15.9 Å². The number of piperazine rings is 1. The highest BCUT2D eigenvalue weighted by atomic mass is 79.9. The van der Waals surface area contributed by atoms with Crippen molar-refractivity contribution in [3.05, 3.63) is 39.4 Å². The molecule has 1 fully saturated rings. The van der Waals surface area contributed by atoms with Gasteiger partial charge in [-0.15, -0.1) is 0 Å². The summed E-state index contributed by atoms with van der Waals surface area (Å²) in [6, 6.07) is 5.31. The predicted octanol–water partition coefficient (Wildman–Crippen LogP) is 0.507. The minimum atomic E-state index is -0.180. The SMILES string of the molecule is O=C1CN(C(=O)CCn2cnc3ccc(Br)cc3c2=O)CCN1. The quantitative estimate of drug-likeness (QED) is 0.842. The molecule has 120 valence electrons. The van der Waals surface area contributed by atoms with Crippen LogP contribution >= 0.6 is 15.9 Å². The Kier molecular flexibility index (Phi) is 4.42. The van der Waals surface area contributed by atoms with Crippen molar-refractivity contribution in [2.75, 3.05) is 19.6 Å². The van der Waals surface area contributed by atoms with Gasteiger partial charge in [0.05, 0.1) is 23.8 Å². The fourth-order valence-corrected chi connectivity index (χ4v) is 2.88. The molecule has 2 amide bonds. The molecule has 1 aromatic heterocycles. The number of fused-ring (bicyclic) bond motifs is 1. The van der Waals surface area contributed by atoms with Gasteiger partial charge in [0.25, 0.3) is 5.56 Å². The highest BCUT2D eigenvalue weighted by Crippen LogP contribution is 2.14. The van der Waals surface area contributed by atoms with E-state index in [1.54, 1.807) is 12.1 Å². The highest BCUT2D eigenvalue weighted by Gasteiger charge is 2.20. The van der Waals surface area contributed by atoms with Gasteiger partial charge in [-0.2, -0.15) is 0 Å². The van der Waals surface area contributed by atoms with Gasteiger partial charge < -0.3 is 10.2 Å². The van der Waals surface area contributed by atoms with E-state index in [2.05, 4.69) is 26.2 Å². The number of nitrogens with zero attached hydrogens (tertiary/aromatic N) is 3. The molecule has 1 aliphatic heterocycles. The van der Waals surface area contributed by atoms with Gasteiger partial charge in [0, 0.05) is 30.5 Å². The zero-order valence-corrected chi connectivity index (χ0v) is 13.9. The molecule has 1 saturated heterocycles. The summed E-state index contributed by atoms with van der Waals surface area (Å²) in [6.45, 7) is 1.29. The van der Waals surface area contributed by atoms with E-state index in [-0.39, 0.29) is 36.9 Å². The third-order valence-electron chi connectivity index (χ3n) is 3.74. The molecule has 1 N–H and O–H groups in total. The number of halogens is 1.